The van der Waals surface area contributed by atoms with E-state index in [-0.39, 0.29) is 24.2 Å². The predicted molar refractivity (Wildman–Crippen MR) is 118 cm³/mol. The van der Waals surface area contributed by atoms with Crippen LogP contribution in [0.5, 0.6) is 0 Å². The van der Waals surface area contributed by atoms with Crippen LogP contribution in [0, 0.1) is 11.7 Å². The summed E-state index contributed by atoms with van der Waals surface area (Å²) in [5.74, 6) is 0.325. The Labute approximate surface area is 183 Å². The Bertz CT molecular complexity index is 923. The van der Waals surface area contributed by atoms with E-state index in [1.165, 1.54) is 17.7 Å². The van der Waals surface area contributed by atoms with Gasteiger partial charge >= 0.3 is 0 Å². The Morgan fingerprint density at radius 2 is 1.74 bits per heavy atom. The lowest BCUT2D eigenvalue weighted by atomic mass is 9.90. The van der Waals surface area contributed by atoms with E-state index in [0.29, 0.717) is 19.0 Å². The minimum atomic E-state index is -0.421. The molecule has 0 saturated carbocycles. The number of benzene rings is 2. The van der Waals surface area contributed by atoms with Crippen LogP contribution in [0.4, 0.5) is 4.39 Å². The number of hydrogen-bond acceptors (Lipinski definition) is 3. The first-order valence-electron chi connectivity index (χ1n) is 11.1. The lowest BCUT2D eigenvalue weighted by Crippen LogP contribution is -2.50. The van der Waals surface area contributed by atoms with Gasteiger partial charge < -0.3 is 10.2 Å². The monoisotopic (exact) mass is 423 g/mol. The van der Waals surface area contributed by atoms with Crippen molar-refractivity contribution in [2.75, 3.05) is 26.2 Å². The third-order valence-corrected chi connectivity index (χ3v) is 6.46. The molecular weight excluding hydrogens is 393 g/mol. The molecule has 0 aromatic heterocycles. The Hall–Kier alpha value is -2.73. The first-order chi connectivity index (χ1) is 15.0. The zero-order chi connectivity index (χ0) is 21.8. The van der Waals surface area contributed by atoms with Crippen LogP contribution < -0.4 is 5.32 Å². The van der Waals surface area contributed by atoms with Gasteiger partial charge in [-0.05, 0) is 54.0 Å². The fraction of sp³-hybridized carbons (Fsp3) is 0.440. The first-order valence-corrected chi connectivity index (χ1v) is 11.1. The second-order valence-electron chi connectivity index (χ2n) is 8.73. The van der Waals surface area contributed by atoms with Crippen molar-refractivity contribution < 1.29 is 14.0 Å². The van der Waals surface area contributed by atoms with Crippen LogP contribution in [0.25, 0.3) is 0 Å². The van der Waals surface area contributed by atoms with Crippen molar-refractivity contribution in [3.05, 3.63) is 71.0 Å². The summed E-state index contributed by atoms with van der Waals surface area (Å²) in [6.07, 6.45) is 2.87. The van der Waals surface area contributed by atoms with Crippen LogP contribution >= 0.6 is 0 Å². The molecule has 2 aliphatic heterocycles. The van der Waals surface area contributed by atoms with Crippen molar-refractivity contribution >= 4 is 11.8 Å². The van der Waals surface area contributed by atoms with Crippen LogP contribution in [0.2, 0.25) is 0 Å². The number of fused-ring (bicyclic) bond motifs is 1. The Balaban J connectivity index is 1.46. The highest BCUT2D eigenvalue weighted by atomic mass is 19.1. The number of nitrogens with one attached hydrogen (secondary N) is 1. The van der Waals surface area contributed by atoms with E-state index in [4.69, 9.17) is 0 Å². The average Bonchev–Trinajstić information content (AvgIpc) is 2.78. The highest BCUT2D eigenvalue weighted by Crippen LogP contribution is 2.32. The lowest BCUT2D eigenvalue weighted by Gasteiger charge is -2.40. The van der Waals surface area contributed by atoms with E-state index in [1.807, 2.05) is 28.0 Å². The van der Waals surface area contributed by atoms with Crippen molar-refractivity contribution in [2.45, 2.75) is 38.8 Å². The molecule has 2 aromatic carbocycles. The molecule has 0 unspecified atom stereocenters. The fourth-order valence-electron chi connectivity index (χ4n) is 4.52. The molecule has 4 rings (SSSR count). The second kappa shape index (κ2) is 9.60. The fourth-order valence-corrected chi connectivity index (χ4v) is 4.52. The van der Waals surface area contributed by atoms with Crippen LogP contribution in [0.3, 0.4) is 0 Å². The third kappa shape index (κ3) is 5.13. The summed E-state index contributed by atoms with van der Waals surface area (Å²) in [5, 5.41) is 2.91. The molecule has 2 aliphatic rings. The lowest BCUT2D eigenvalue weighted by molar-refractivity contribution is -0.140. The minimum absolute atomic E-state index is 0.102. The van der Waals surface area contributed by atoms with Crippen molar-refractivity contribution in [1.29, 1.82) is 0 Å². The highest BCUT2D eigenvalue weighted by Gasteiger charge is 2.37. The number of likely N-dealkylation sites (tertiary alicyclic amines) is 1. The number of amides is 2. The standard InChI is InChI=1S/C25H30FN3O2/c1-18-10-13-28(14-11-18)25(31)24-22-5-3-2-4-20(22)12-15-29(24)17-23(30)27-16-19-6-8-21(26)9-7-19/h2-9,18,24H,10-17H2,1H3,(H,27,30)/t24-/m0/s1. The van der Waals surface area contributed by atoms with Gasteiger partial charge in [-0.15, -0.1) is 0 Å². The molecule has 0 aliphatic carbocycles. The maximum atomic E-state index is 13.5. The van der Waals surface area contributed by atoms with Crippen LogP contribution in [0.1, 0.15) is 42.5 Å². The Morgan fingerprint density at radius 3 is 2.48 bits per heavy atom. The van der Waals surface area contributed by atoms with Gasteiger partial charge in [0.05, 0.1) is 6.54 Å². The molecule has 0 radical (unpaired) electrons. The maximum absolute atomic E-state index is 13.5. The number of rotatable bonds is 5. The molecule has 6 heteroatoms. The largest absolute Gasteiger partial charge is 0.351 e. The predicted octanol–water partition coefficient (Wildman–Crippen LogP) is 3.30. The van der Waals surface area contributed by atoms with Gasteiger partial charge in [-0.1, -0.05) is 43.3 Å². The summed E-state index contributed by atoms with van der Waals surface area (Å²) in [4.78, 5) is 30.2. The molecule has 5 nitrogen and oxygen atoms in total. The average molecular weight is 424 g/mol. The van der Waals surface area contributed by atoms with Crippen LogP contribution in [0.15, 0.2) is 48.5 Å². The molecule has 0 spiro atoms. The second-order valence-corrected chi connectivity index (χ2v) is 8.73. The summed E-state index contributed by atoms with van der Waals surface area (Å²) >= 11 is 0. The molecular formula is C25H30FN3O2. The molecule has 0 bridgehead atoms. The van der Waals surface area contributed by atoms with Gasteiger partial charge in [0.15, 0.2) is 0 Å². The molecule has 2 aromatic rings. The minimum Gasteiger partial charge on any atom is -0.351 e. The Kier molecular flexibility index (Phi) is 6.66. The highest BCUT2D eigenvalue weighted by molar-refractivity contribution is 5.85. The molecule has 1 atom stereocenters. The smallest absolute Gasteiger partial charge is 0.244 e. The van der Waals surface area contributed by atoms with E-state index >= 15 is 0 Å². The number of hydrogen-bond donors (Lipinski definition) is 1. The number of carbonyl (C=O) groups is 2. The zero-order valence-corrected chi connectivity index (χ0v) is 18.0. The van der Waals surface area contributed by atoms with E-state index in [0.717, 1.165) is 43.5 Å². The topological polar surface area (TPSA) is 52.7 Å². The van der Waals surface area contributed by atoms with Crippen LogP contribution in [-0.2, 0) is 22.6 Å². The number of carbonyl (C=O) groups excluding carboxylic acids is 2. The van der Waals surface area contributed by atoms with Gasteiger partial charge in [-0.2, -0.15) is 0 Å². The molecule has 1 fully saturated rings. The SMILES string of the molecule is CC1CCN(C(=O)[C@@H]2c3ccccc3CCN2CC(=O)NCc2ccc(F)cc2)CC1. The summed E-state index contributed by atoms with van der Waals surface area (Å²) < 4.78 is 13.1. The molecule has 1 N–H and O–H groups in total. The normalized spacial score (nSPS) is 19.7. The molecule has 31 heavy (non-hydrogen) atoms. The van der Waals surface area contributed by atoms with Gasteiger partial charge in [-0.3, -0.25) is 14.5 Å². The van der Waals surface area contributed by atoms with Gasteiger partial charge in [0.2, 0.25) is 11.8 Å². The summed E-state index contributed by atoms with van der Waals surface area (Å²) in [6, 6.07) is 13.8. The van der Waals surface area contributed by atoms with Crippen LogP contribution in [-0.4, -0.2) is 47.8 Å². The molecule has 164 valence electrons. The molecule has 2 amide bonds. The molecule has 2 heterocycles. The third-order valence-electron chi connectivity index (χ3n) is 6.46. The maximum Gasteiger partial charge on any atom is 0.244 e. The number of nitrogens with zero attached hydrogens (tertiary/aromatic N) is 2. The van der Waals surface area contributed by atoms with Crippen molar-refractivity contribution in [1.82, 2.24) is 15.1 Å². The van der Waals surface area contributed by atoms with Gasteiger partial charge in [0, 0.05) is 26.2 Å². The summed E-state index contributed by atoms with van der Waals surface area (Å²) in [5.41, 5.74) is 3.05. The van der Waals surface area contributed by atoms with Gasteiger partial charge in [0.25, 0.3) is 0 Å². The van der Waals surface area contributed by atoms with E-state index < -0.39 is 6.04 Å². The summed E-state index contributed by atoms with van der Waals surface area (Å²) in [6.45, 7) is 4.96. The number of halogens is 1. The van der Waals surface area contributed by atoms with E-state index in [1.54, 1.807) is 12.1 Å². The number of piperidine rings is 1. The van der Waals surface area contributed by atoms with Crippen molar-refractivity contribution in [3.63, 3.8) is 0 Å². The zero-order valence-electron chi connectivity index (χ0n) is 18.0. The quantitative estimate of drug-likeness (QED) is 0.803. The van der Waals surface area contributed by atoms with E-state index in [2.05, 4.69) is 18.3 Å². The van der Waals surface area contributed by atoms with Gasteiger partial charge in [0.1, 0.15) is 11.9 Å². The van der Waals surface area contributed by atoms with Crippen molar-refractivity contribution in [3.8, 4) is 0 Å². The summed E-state index contributed by atoms with van der Waals surface area (Å²) in [7, 11) is 0. The Morgan fingerprint density at radius 1 is 1.03 bits per heavy atom. The molecule has 1 saturated heterocycles. The van der Waals surface area contributed by atoms with E-state index in [9.17, 15) is 14.0 Å². The first kappa shape index (κ1) is 21.5. The van der Waals surface area contributed by atoms with Crippen molar-refractivity contribution in [2.24, 2.45) is 5.92 Å². The van der Waals surface area contributed by atoms with Gasteiger partial charge in [-0.25, -0.2) is 4.39 Å².